The Morgan fingerprint density at radius 2 is 0.809 bits per heavy atom. The van der Waals surface area contributed by atoms with Crippen LogP contribution in [0.2, 0.25) is 0 Å². The summed E-state index contributed by atoms with van der Waals surface area (Å²) in [6.07, 6.45) is 0. The maximum atomic E-state index is 2.43. The van der Waals surface area contributed by atoms with Crippen molar-refractivity contribution in [3.63, 3.8) is 0 Å². The first-order valence-corrected chi connectivity index (χ1v) is 17.0. The van der Waals surface area contributed by atoms with Gasteiger partial charge < -0.3 is 0 Å². The van der Waals surface area contributed by atoms with E-state index in [1.807, 2.05) is 11.3 Å². The molecule has 0 aliphatic rings. The van der Waals surface area contributed by atoms with Crippen molar-refractivity contribution in [1.29, 1.82) is 0 Å². The standard InChI is InChI=1S/C46H28S/c1-2-12-31-26-33(21-20-29(31)10-1)32-13-9-14-34(27-32)44-37-16-5-7-18-39(37)45(40-19-8-6-17-38(40)44)35-23-25-43-42(28-35)41-24-22-30-11-3-4-15-36(30)46(41)47-43/h1-28H. The third kappa shape index (κ3) is 4.14. The smallest absolute Gasteiger partial charge is 0.0433 e. The van der Waals surface area contributed by atoms with Gasteiger partial charge in [0.05, 0.1) is 0 Å². The molecule has 218 valence electrons. The molecule has 0 nitrogen and oxygen atoms in total. The fourth-order valence-corrected chi connectivity index (χ4v) is 8.85. The van der Waals surface area contributed by atoms with E-state index >= 15 is 0 Å². The molecule has 9 aromatic carbocycles. The fourth-order valence-electron chi connectivity index (χ4n) is 7.63. The highest BCUT2D eigenvalue weighted by Gasteiger charge is 2.18. The van der Waals surface area contributed by atoms with E-state index in [4.69, 9.17) is 0 Å². The lowest BCUT2D eigenvalue weighted by Crippen LogP contribution is -1.91. The molecular formula is C46H28S. The molecule has 0 saturated heterocycles. The number of hydrogen-bond acceptors (Lipinski definition) is 1. The molecule has 47 heavy (non-hydrogen) atoms. The van der Waals surface area contributed by atoms with Gasteiger partial charge in [-0.05, 0) is 101 Å². The molecule has 0 atom stereocenters. The van der Waals surface area contributed by atoms with Gasteiger partial charge in [-0.1, -0.05) is 146 Å². The minimum atomic E-state index is 1.23. The lowest BCUT2D eigenvalue weighted by Gasteiger charge is -2.18. The number of benzene rings is 9. The average molecular weight is 613 g/mol. The van der Waals surface area contributed by atoms with Crippen LogP contribution in [0.5, 0.6) is 0 Å². The summed E-state index contributed by atoms with van der Waals surface area (Å²) >= 11 is 1.90. The van der Waals surface area contributed by atoms with Crippen molar-refractivity contribution in [3.05, 3.63) is 170 Å². The predicted octanol–water partition coefficient (Wildman–Crippen LogP) is 13.7. The van der Waals surface area contributed by atoms with E-state index in [1.165, 1.54) is 96.6 Å². The molecule has 1 heterocycles. The predicted molar refractivity (Wildman–Crippen MR) is 206 cm³/mol. The Morgan fingerprint density at radius 1 is 0.277 bits per heavy atom. The lowest BCUT2D eigenvalue weighted by atomic mass is 9.85. The molecule has 0 N–H and O–H groups in total. The van der Waals surface area contributed by atoms with Gasteiger partial charge in [0.25, 0.3) is 0 Å². The highest BCUT2D eigenvalue weighted by atomic mass is 32.1. The van der Waals surface area contributed by atoms with Gasteiger partial charge in [-0.15, -0.1) is 11.3 Å². The first-order valence-electron chi connectivity index (χ1n) is 16.2. The zero-order valence-corrected chi connectivity index (χ0v) is 26.4. The summed E-state index contributed by atoms with van der Waals surface area (Å²) in [5, 5.41) is 12.9. The normalized spacial score (nSPS) is 11.8. The average Bonchev–Trinajstić information content (AvgIpc) is 3.52. The number of rotatable bonds is 3. The molecular weight excluding hydrogens is 585 g/mol. The molecule has 10 rings (SSSR count). The Bertz CT molecular complexity index is 2800. The van der Waals surface area contributed by atoms with Crippen LogP contribution in [0.3, 0.4) is 0 Å². The zero-order chi connectivity index (χ0) is 30.9. The second-order valence-electron chi connectivity index (χ2n) is 12.5. The Labute approximate surface area is 276 Å². The molecule has 1 heteroatoms. The highest BCUT2D eigenvalue weighted by molar-refractivity contribution is 7.26. The Balaban J connectivity index is 1.21. The maximum absolute atomic E-state index is 2.43. The molecule has 0 saturated carbocycles. The Hall–Kier alpha value is -5.76. The molecule has 0 aliphatic heterocycles. The van der Waals surface area contributed by atoms with Crippen molar-refractivity contribution >= 4 is 74.6 Å². The molecule has 0 radical (unpaired) electrons. The van der Waals surface area contributed by atoms with Crippen LogP contribution in [0.1, 0.15) is 0 Å². The summed E-state index contributed by atoms with van der Waals surface area (Å²) in [5.74, 6) is 0. The van der Waals surface area contributed by atoms with Crippen LogP contribution in [0.25, 0.3) is 96.6 Å². The van der Waals surface area contributed by atoms with E-state index in [0.717, 1.165) is 0 Å². The number of fused-ring (bicyclic) bond motifs is 8. The third-order valence-corrected chi connectivity index (χ3v) is 11.0. The monoisotopic (exact) mass is 612 g/mol. The van der Waals surface area contributed by atoms with E-state index in [9.17, 15) is 0 Å². The van der Waals surface area contributed by atoms with Crippen molar-refractivity contribution in [2.24, 2.45) is 0 Å². The number of thiophene rings is 1. The molecule has 0 unspecified atom stereocenters. The second-order valence-corrected chi connectivity index (χ2v) is 13.5. The number of hydrogen-bond donors (Lipinski definition) is 0. The topological polar surface area (TPSA) is 0 Å². The SMILES string of the molecule is c1cc(-c2ccc3ccccc3c2)cc(-c2c3ccccc3c(-c3ccc4sc5c6ccccc6ccc5c4c3)c3ccccc23)c1. The zero-order valence-electron chi connectivity index (χ0n) is 25.6. The molecule has 1 aromatic heterocycles. The second kappa shape index (κ2) is 10.4. The van der Waals surface area contributed by atoms with Gasteiger partial charge in [0, 0.05) is 20.2 Å². The van der Waals surface area contributed by atoms with Gasteiger partial charge in [0.1, 0.15) is 0 Å². The molecule has 0 bridgehead atoms. The first kappa shape index (κ1) is 26.5. The van der Waals surface area contributed by atoms with E-state index in [-0.39, 0.29) is 0 Å². The summed E-state index contributed by atoms with van der Waals surface area (Å²) in [5.41, 5.74) is 7.55. The summed E-state index contributed by atoms with van der Waals surface area (Å²) < 4.78 is 2.70. The molecule has 0 aliphatic carbocycles. The Morgan fingerprint density at radius 3 is 1.53 bits per heavy atom. The van der Waals surface area contributed by atoms with Gasteiger partial charge >= 0.3 is 0 Å². The van der Waals surface area contributed by atoms with E-state index < -0.39 is 0 Å². The summed E-state index contributed by atoms with van der Waals surface area (Å²) in [6.45, 7) is 0. The molecule has 10 aromatic rings. The van der Waals surface area contributed by atoms with Crippen LogP contribution < -0.4 is 0 Å². The molecule has 0 spiro atoms. The molecule has 0 amide bonds. The van der Waals surface area contributed by atoms with Crippen LogP contribution >= 0.6 is 11.3 Å². The summed E-state index contributed by atoms with van der Waals surface area (Å²) in [6, 6.07) is 62.8. The quantitative estimate of drug-likeness (QED) is 0.174. The van der Waals surface area contributed by atoms with Gasteiger partial charge in [-0.25, -0.2) is 0 Å². The minimum Gasteiger partial charge on any atom is -0.135 e. The van der Waals surface area contributed by atoms with Gasteiger partial charge in [0.15, 0.2) is 0 Å². The van der Waals surface area contributed by atoms with E-state index in [1.54, 1.807) is 0 Å². The van der Waals surface area contributed by atoms with Crippen LogP contribution in [0.15, 0.2) is 170 Å². The minimum absolute atomic E-state index is 1.23. The third-order valence-electron chi connectivity index (χ3n) is 9.82. The van der Waals surface area contributed by atoms with Gasteiger partial charge in [-0.3, -0.25) is 0 Å². The van der Waals surface area contributed by atoms with Crippen molar-refractivity contribution < 1.29 is 0 Å². The van der Waals surface area contributed by atoms with Crippen molar-refractivity contribution in [2.45, 2.75) is 0 Å². The van der Waals surface area contributed by atoms with Crippen LogP contribution in [0, 0.1) is 0 Å². The van der Waals surface area contributed by atoms with Crippen molar-refractivity contribution in [1.82, 2.24) is 0 Å². The van der Waals surface area contributed by atoms with Crippen LogP contribution in [0.4, 0.5) is 0 Å². The van der Waals surface area contributed by atoms with Gasteiger partial charge in [-0.2, -0.15) is 0 Å². The first-order chi connectivity index (χ1) is 23.3. The van der Waals surface area contributed by atoms with Crippen molar-refractivity contribution in [2.75, 3.05) is 0 Å². The van der Waals surface area contributed by atoms with E-state index in [2.05, 4.69) is 170 Å². The fraction of sp³-hybridized carbons (Fsp3) is 0. The summed E-state index contributed by atoms with van der Waals surface area (Å²) in [4.78, 5) is 0. The largest absolute Gasteiger partial charge is 0.135 e. The highest BCUT2D eigenvalue weighted by Crippen LogP contribution is 2.46. The Kier molecular flexibility index (Phi) is 5.85. The van der Waals surface area contributed by atoms with Crippen LogP contribution in [-0.2, 0) is 0 Å². The van der Waals surface area contributed by atoms with E-state index in [0.29, 0.717) is 0 Å². The summed E-state index contributed by atoms with van der Waals surface area (Å²) in [7, 11) is 0. The van der Waals surface area contributed by atoms with Crippen molar-refractivity contribution in [3.8, 4) is 33.4 Å². The maximum Gasteiger partial charge on any atom is 0.0433 e. The lowest BCUT2D eigenvalue weighted by molar-refractivity contribution is 1.63. The van der Waals surface area contributed by atoms with Crippen LogP contribution in [-0.4, -0.2) is 0 Å². The van der Waals surface area contributed by atoms with Gasteiger partial charge in [0.2, 0.25) is 0 Å². The molecule has 0 fully saturated rings.